The fourth-order valence-corrected chi connectivity index (χ4v) is 9.19. The number of rotatable bonds is 5. The Morgan fingerprint density at radius 3 is 2.04 bits per heavy atom. The molecule has 0 spiro atoms. The van der Waals surface area contributed by atoms with E-state index >= 15 is 0 Å². The predicted octanol–water partition coefficient (Wildman–Crippen LogP) is 7.26. The number of fused-ring (bicyclic) bond motifs is 7. The van der Waals surface area contributed by atoms with Crippen molar-refractivity contribution in [1.29, 1.82) is 0 Å². The maximum atomic E-state index is 13.7. The normalized spacial score (nSPS) is 26.1. The lowest BCUT2D eigenvalue weighted by Gasteiger charge is -2.25. The number of nitrogens with zero attached hydrogens (tertiary/aromatic N) is 4. The van der Waals surface area contributed by atoms with Crippen LogP contribution in [0.5, 0.6) is 5.75 Å². The van der Waals surface area contributed by atoms with E-state index in [4.69, 9.17) is 28.9 Å². The number of carbonyl (C=O) groups excluding carboxylic acids is 2. The lowest BCUT2D eigenvalue weighted by molar-refractivity contribution is -0.137. The number of ether oxygens (including phenoxy) is 4. The lowest BCUT2D eigenvalue weighted by atomic mass is 10.00. The van der Waals surface area contributed by atoms with Gasteiger partial charge in [0, 0.05) is 44.9 Å². The van der Waals surface area contributed by atoms with Crippen LogP contribution in [-0.2, 0) is 23.8 Å². The van der Waals surface area contributed by atoms with E-state index in [-0.39, 0.29) is 41.8 Å². The Hall–Kier alpha value is -4.52. The van der Waals surface area contributed by atoms with Gasteiger partial charge in [-0.3, -0.25) is 9.59 Å². The molecule has 0 saturated carbocycles. The number of aromatic nitrogens is 4. The molecule has 296 valence electrons. The molecule has 2 amide bonds. The van der Waals surface area contributed by atoms with E-state index in [2.05, 4.69) is 52.4 Å². The second-order valence-electron chi connectivity index (χ2n) is 16.2. The van der Waals surface area contributed by atoms with E-state index in [9.17, 15) is 9.59 Å². The highest BCUT2D eigenvalue weighted by Crippen LogP contribution is 2.39. The zero-order valence-corrected chi connectivity index (χ0v) is 32.3. The van der Waals surface area contributed by atoms with Crippen molar-refractivity contribution in [3.63, 3.8) is 0 Å². The highest BCUT2D eigenvalue weighted by Gasteiger charge is 2.42. The van der Waals surface area contributed by atoms with Crippen LogP contribution < -0.4 is 4.74 Å². The van der Waals surface area contributed by atoms with Gasteiger partial charge in [-0.05, 0) is 67.3 Å². The van der Waals surface area contributed by atoms with Crippen molar-refractivity contribution in [2.24, 2.45) is 11.8 Å². The minimum atomic E-state index is -0.180. The Morgan fingerprint density at radius 1 is 0.643 bits per heavy atom. The second-order valence-corrected chi connectivity index (χ2v) is 16.2. The minimum Gasteiger partial charge on any atom is -0.493 e. The topological polar surface area (TPSA) is 135 Å². The largest absolute Gasteiger partial charge is 0.493 e. The summed E-state index contributed by atoms with van der Waals surface area (Å²) in [4.78, 5) is 47.7. The standard InChI is InChI=1S/C44H54N6O6/c51-43(32-15-20-53-27-32)49-17-7-8-38(49)41-45-24-36(47-41)30-11-9-29(10-12-30)31-13-14-35-37-25-46-42(48-37)39-23-34(26-50(39)44(52)33-16-21-54-28-33)55-18-5-3-1-2-4-6-19-56-40(35)22-31/h9-14,22,24-25,32-34,38-39H,1-8,15-21,23,26-28H2,(H,45,47)(H,46,48)/t32?,33?,34-,38-,39-/m0/s1. The Kier molecular flexibility index (Phi) is 11.2. The van der Waals surface area contributed by atoms with E-state index < -0.39 is 0 Å². The number of carbonyl (C=O) groups is 2. The van der Waals surface area contributed by atoms with E-state index in [1.54, 1.807) is 0 Å². The second kappa shape index (κ2) is 16.9. The van der Waals surface area contributed by atoms with Crippen LogP contribution >= 0.6 is 0 Å². The Labute approximate surface area is 328 Å². The molecular weight excluding hydrogens is 709 g/mol. The van der Waals surface area contributed by atoms with E-state index in [0.717, 1.165) is 122 Å². The van der Waals surface area contributed by atoms with Gasteiger partial charge >= 0.3 is 0 Å². The summed E-state index contributed by atoms with van der Waals surface area (Å²) in [6.45, 7) is 5.01. The van der Waals surface area contributed by atoms with Crippen LogP contribution in [0, 0.1) is 11.8 Å². The van der Waals surface area contributed by atoms with Gasteiger partial charge in [0.05, 0.1) is 73.6 Å². The van der Waals surface area contributed by atoms with Crippen LogP contribution in [0.25, 0.3) is 33.6 Å². The van der Waals surface area contributed by atoms with Crippen molar-refractivity contribution in [3.05, 3.63) is 66.5 Å². The summed E-state index contributed by atoms with van der Waals surface area (Å²) in [6, 6.07) is 14.7. The molecule has 0 aliphatic carbocycles. The van der Waals surface area contributed by atoms with Gasteiger partial charge < -0.3 is 38.7 Å². The minimum absolute atomic E-state index is 0.0101. The zero-order chi connectivity index (χ0) is 37.8. The van der Waals surface area contributed by atoms with Crippen molar-refractivity contribution >= 4 is 11.8 Å². The lowest BCUT2D eigenvalue weighted by Crippen LogP contribution is -2.37. The van der Waals surface area contributed by atoms with Crippen LogP contribution in [0.2, 0.25) is 0 Å². The third-order valence-electron chi connectivity index (χ3n) is 12.4. The smallest absolute Gasteiger partial charge is 0.228 e. The fourth-order valence-electron chi connectivity index (χ4n) is 9.19. The molecule has 56 heavy (non-hydrogen) atoms. The molecule has 4 aromatic rings. The third-order valence-corrected chi connectivity index (χ3v) is 12.4. The molecule has 12 heteroatoms. The van der Waals surface area contributed by atoms with Crippen molar-refractivity contribution in [3.8, 4) is 39.4 Å². The summed E-state index contributed by atoms with van der Waals surface area (Å²) in [5.41, 5.74) is 5.93. The zero-order valence-electron chi connectivity index (χ0n) is 32.3. The number of amides is 2. The molecule has 2 aromatic carbocycles. The SMILES string of the molecule is O=C(C1CCOC1)N1CCC[C@H]1c1ncc(-c2ccc(-c3ccc4c(c3)OCCCCCCCCO[C@H]3C[C@@H](c5ncc-4[nH]5)N(C(=O)C4CCOC4)C3)cc2)[nH]1. The van der Waals surface area contributed by atoms with E-state index in [1.165, 1.54) is 12.8 Å². The molecule has 7 heterocycles. The molecule has 9 rings (SSSR count). The average molecular weight is 763 g/mol. The average Bonchev–Trinajstić information content (AvgIpc) is 4.08. The number of aromatic amines is 2. The van der Waals surface area contributed by atoms with Gasteiger partial charge in [-0.1, -0.05) is 56.0 Å². The fraction of sp³-hybridized carbons (Fsp3) is 0.545. The first kappa shape index (κ1) is 37.1. The molecule has 4 bridgehead atoms. The summed E-state index contributed by atoms with van der Waals surface area (Å²) < 4.78 is 24.0. The van der Waals surface area contributed by atoms with Crippen molar-refractivity contribution in [2.75, 3.05) is 52.7 Å². The molecule has 2 aromatic heterocycles. The Balaban J connectivity index is 0.946. The number of nitrogens with one attached hydrogen (secondary N) is 2. The van der Waals surface area contributed by atoms with Gasteiger partial charge in [0.2, 0.25) is 11.8 Å². The van der Waals surface area contributed by atoms with Crippen LogP contribution in [0.15, 0.2) is 54.9 Å². The molecule has 0 radical (unpaired) electrons. The van der Waals surface area contributed by atoms with E-state index in [1.807, 2.05) is 22.2 Å². The highest BCUT2D eigenvalue weighted by atomic mass is 16.5. The number of H-pyrrole nitrogens is 2. The molecule has 12 nitrogen and oxygen atoms in total. The number of benzene rings is 2. The monoisotopic (exact) mass is 762 g/mol. The molecule has 5 aliphatic heterocycles. The van der Waals surface area contributed by atoms with Crippen LogP contribution in [-0.4, -0.2) is 100 Å². The van der Waals surface area contributed by atoms with E-state index in [0.29, 0.717) is 39.6 Å². The number of likely N-dealkylation sites (tertiary alicyclic amines) is 2. The molecule has 4 fully saturated rings. The number of hydrogen-bond donors (Lipinski definition) is 2. The van der Waals surface area contributed by atoms with Gasteiger partial charge in [0.25, 0.3) is 0 Å². The first-order chi connectivity index (χ1) is 27.6. The van der Waals surface area contributed by atoms with Crippen molar-refractivity contribution in [1.82, 2.24) is 29.7 Å². The third kappa shape index (κ3) is 7.88. The molecule has 2 N–H and O–H groups in total. The number of imidazole rings is 2. The highest BCUT2D eigenvalue weighted by molar-refractivity contribution is 5.81. The summed E-state index contributed by atoms with van der Waals surface area (Å²) in [6.07, 6.45) is 14.6. The molecular formula is C44H54N6O6. The molecule has 5 aliphatic rings. The van der Waals surface area contributed by atoms with Crippen LogP contribution in [0.1, 0.15) is 94.4 Å². The molecule has 4 saturated heterocycles. The summed E-state index contributed by atoms with van der Waals surface area (Å²) >= 11 is 0. The summed E-state index contributed by atoms with van der Waals surface area (Å²) in [5, 5.41) is 0. The summed E-state index contributed by atoms with van der Waals surface area (Å²) in [7, 11) is 0. The van der Waals surface area contributed by atoms with Gasteiger partial charge in [0.1, 0.15) is 17.4 Å². The van der Waals surface area contributed by atoms with Gasteiger partial charge in [0.15, 0.2) is 0 Å². The first-order valence-electron chi connectivity index (χ1n) is 20.9. The first-order valence-corrected chi connectivity index (χ1v) is 20.9. The predicted molar refractivity (Wildman–Crippen MR) is 211 cm³/mol. The van der Waals surface area contributed by atoms with Crippen molar-refractivity contribution < 1.29 is 28.5 Å². The number of hydrogen-bond acceptors (Lipinski definition) is 8. The van der Waals surface area contributed by atoms with Gasteiger partial charge in [-0.15, -0.1) is 0 Å². The summed E-state index contributed by atoms with van der Waals surface area (Å²) in [5.74, 6) is 2.62. The maximum absolute atomic E-state index is 13.7. The van der Waals surface area contributed by atoms with Gasteiger partial charge in [-0.25, -0.2) is 9.97 Å². The van der Waals surface area contributed by atoms with Gasteiger partial charge in [-0.2, -0.15) is 0 Å². The van der Waals surface area contributed by atoms with Crippen LogP contribution in [0.4, 0.5) is 0 Å². The molecule has 2 unspecified atom stereocenters. The van der Waals surface area contributed by atoms with Crippen LogP contribution in [0.3, 0.4) is 0 Å². The Morgan fingerprint density at radius 2 is 1.29 bits per heavy atom. The Bertz CT molecular complexity index is 1960. The quantitative estimate of drug-likeness (QED) is 0.217. The maximum Gasteiger partial charge on any atom is 0.228 e. The van der Waals surface area contributed by atoms with Crippen molar-refractivity contribution in [2.45, 2.75) is 88.8 Å². The molecule has 5 atom stereocenters.